The zero-order chi connectivity index (χ0) is 19.6. The summed E-state index contributed by atoms with van der Waals surface area (Å²) in [5, 5.41) is 4.05. The fraction of sp³-hybridized carbons (Fsp3) is 0.318. The molecule has 27 heavy (non-hydrogen) atoms. The molecule has 4 nitrogen and oxygen atoms in total. The zero-order valence-electron chi connectivity index (χ0n) is 16.3. The second-order valence-corrected chi connectivity index (χ2v) is 7.81. The van der Waals surface area contributed by atoms with Gasteiger partial charge in [-0.1, -0.05) is 29.8 Å². The van der Waals surface area contributed by atoms with Crippen LogP contribution in [0.4, 0.5) is 0 Å². The Hall–Kier alpha value is -2.14. The highest BCUT2D eigenvalue weighted by Gasteiger charge is 2.22. The third-order valence-corrected chi connectivity index (χ3v) is 5.53. The van der Waals surface area contributed by atoms with Crippen LogP contribution in [0.25, 0.3) is 11.0 Å². The van der Waals surface area contributed by atoms with Gasteiger partial charge in [-0.2, -0.15) is 0 Å². The summed E-state index contributed by atoms with van der Waals surface area (Å²) in [6, 6.07) is 14.0. The first-order chi connectivity index (χ1) is 12.9. The number of halogens is 1. The molecule has 1 aromatic heterocycles. The lowest BCUT2D eigenvalue weighted by Crippen LogP contribution is -3.09. The molecular formula is C22H27ClN2O2+2. The third-order valence-electron chi connectivity index (χ3n) is 5.19. The molecule has 3 N–H and O–H groups in total. The Morgan fingerprint density at radius 2 is 1.81 bits per heavy atom. The Morgan fingerprint density at radius 1 is 1.11 bits per heavy atom. The first-order valence-electron chi connectivity index (χ1n) is 9.27. The van der Waals surface area contributed by atoms with Crippen molar-refractivity contribution in [2.75, 3.05) is 20.6 Å². The summed E-state index contributed by atoms with van der Waals surface area (Å²) in [5.41, 5.74) is 4.85. The standard InChI is InChI=1S/C22H25ClN2O2/c1-14-9-18-16(11-22(26)27-21(18)10-15(14)2)12-24-13-20(25(3)4)17-7-5-6-8-19(17)23/h5-11,20,24H,12-13H2,1-4H3/p+2/t20-/m1/s1. The largest absolute Gasteiger partial charge is 0.423 e. The molecule has 0 aliphatic heterocycles. The van der Waals surface area contributed by atoms with Gasteiger partial charge in [0.1, 0.15) is 18.7 Å². The number of quaternary nitrogens is 2. The van der Waals surface area contributed by atoms with Crippen molar-refractivity contribution >= 4 is 22.6 Å². The average molecular weight is 387 g/mol. The van der Waals surface area contributed by atoms with Gasteiger partial charge in [0.15, 0.2) is 6.04 Å². The lowest BCUT2D eigenvalue weighted by molar-refractivity contribution is -0.910. The number of aryl methyl sites for hydroxylation is 2. The van der Waals surface area contributed by atoms with Crippen LogP contribution in [0.15, 0.2) is 51.7 Å². The summed E-state index contributed by atoms with van der Waals surface area (Å²) in [5.74, 6) is 0. The van der Waals surface area contributed by atoms with E-state index in [9.17, 15) is 4.79 Å². The van der Waals surface area contributed by atoms with Gasteiger partial charge in [0.25, 0.3) is 0 Å². The normalized spacial score (nSPS) is 12.7. The maximum Gasteiger partial charge on any atom is 0.336 e. The van der Waals surface area contributed by atoms with Gasteiger partial charge in [-0.3, -0.25) is 0 Å². The summed E-state index contributed by atoms with van der Waals surface area (Å²) in [6.45, 7) is 5.70. The van der Waals surface area contributed by atoms with Crippen LogP contribution in [-0.4, -0.2) is 20.6 Å². The number of benzene rings is 2. The lowest BCUT2D eigenvalue weighted by atomic mass is 10.0. The molecule has 2 aromatic carbocycles. The SMILES string of the molecule is Cc1cc2oc(=O)cc(C[NH2+]C[C@H](c3ccccc3Cl)[NH+](C)C)c2cc1C. The second kappa shape index (κ2) is 8.26. The Bertz CT molecular complexity index is 1010. The van der Waals surface area contributed by atoms with Crippen molar-refractivity contribution in [1.29, 1.82) is 0 Å². The van der Waals surface area contributed by atoms with E-state index in [-0.39, 0.29) is 11.7 Å². The number of hydrogen-bond acceptors (Lipinski definition) is 2. The van der Waals surface area contributed by atoms with Crippen LogP contribution in [0.2, 0.25) is 5.02 Å². The van der Waals surface area contributed by atoms with Crippen molar-refractivity contribution in [3.63, 3.8) is 0 Å². The lowest BCUT2D eigenvalue weighted by Gasteiger charge is -2.21. The number of nitrogens with one attached hydrogen (secondary N) is 1. The van der Waals surface area contributed by atoms with Gasteiger partial charge in [-0.15, -0.1) is 0 Å². The predicted molar refractivity (Wildman–Crippen MR) is 109 cm³/mol. The highest BCUT2D eigenvalue weighted by molar-refractivity contribution is 6.31. The Morgan fingerprint density at radius 3 is 2.52 bits per heavy atom. The molecule has 1 heterocycles. The van der Waals surface area contributed by atoms with Gasteiger partial charge >= 0.3 is 5.63 Å². The van der Waals surface area contributed by atoms with Crippen molar-refractivity contribution in [2.24, 2.45) is 0 Å². The fourth-order valence-electron chi connectivity index (χ4n) is 3.49. The Labute approximate surface area is 164 Å². The number of hydrogen-bond donors (Lipinski definition) is 2. The summed E-state index contributed by atoms with van der Waals surface area (Å²) in [4.78, 5) is 13.3. The maximum atomic E-state index is 12.0. The molecule has 0 radical (unpaired) electrons. The monoisotopic (exact) mass is 386 g/mol. The van der Waals surface area contributed by atoms with Crippen LogP contribution in [0.3, 0.4) is 0 Å². The van der Waals surface area contributed by atoms with Crippen molar-refractivity contribution < 1.29 is 14.6 Å². The van der Waals surface area contributed by atoms with Crippen LogP contribution < -0.4 is 15.8 Å². The van der Waals surface area contributed by atoms with Crippen LogP contribution in [-0.2, 0) is 6.54 Å². The van der Waals surface area contributed by atoms with E-state index in [0.29, 0.717) is 5.58 Å². The fourth-order valence-corrected chi connectivity index (χ4v) is 3.76. The number of likely N-dealkylation sites (N-methyl/N-ethyl adjacent to an activating group) is 1. The van der Waals surface area contributed by atoms with Gasteiger partial charge in [-0.25, -0.2) is 4.79 Å². The van der Waals surface area contributed by atoms with Crippen LogP contribution >= 0.6 is 11.6 Å². The van der Waals surface area contributed by atoms with E-state index in [2.05, 4.69) is 38.5 Å². The van der Waals surface area contributed by atoms with E-state index in [0.717, 1.165) is 40.2 Å². The summed E-state index contributed by atoms with van der Waals surface area (Å²) in [6.07, 6.45) is 0. The minimum Gasteiger partial charge on any atom is -0.423 e. The second-order valence-electron chi connectivity index (χ2n) is 7.40. The van der Waals surface area contributed by atoms with E-state index >= 15 is 0 Å². The molecular weight excluding hydrogens is 360 g/mol. The minimum absolute atomic E-state index is 0.272. The van der Waals surface area contributed by atoms with E-state index in [1.807, 2.05) is 31.2 Å². The van der Waals surface area contributed by atoms with Gasteiger partial charge in [-0.05, 0) is 43.2 Å². The summed E-state index contributed by atoms with van der Waals surface area (Å²) < 4.78 is 5.40. The zero-order valence-corrected chi connectivity index (χ0v) is 17.1. The molecule has 0 saturated heterocycles. The molecule has 142 valence electrons. The van der Waals surface area contributed by atoms with Crippen LogP contribution in [0, 0.1) is 13.8 Å². The molecule has 0 aliphatic rings. The first-order valence-corrected chi connectivity index (χ1v) is 9.64. The number of rotatable bonds is 6. The molecule has 5 heteroatoms. The topological polar surface area (TPSA) is 51.3 Å². The molecule has 1 atom stereocenters. The Balaban J connectivity index is 1.83. The number of nitrogens with two attached hydrogens (primary N) is 1. The maximum absolute atomic E-state index is 12.0. The highest BCUT2D eigenvalue weighted by Crippen LogP contribution is 2.22. The smallest absolute Gasteiger partial charge is 0.336 e. The predicted octanol–water partition coefficient (Wildman–Crippen LogP) is 2.01. The Kier molecular flexibility index (Phi) is 6.00. The van der Waals surface area contributed by atoms with Crippen LogP contribution in [0.5, 0.6) is 0 Å². The van der Waals surface area contributed by atoms with Crippen molar-refractivity contribution in [1.82, 2.24) is 0 Å². The molecule has 3 rings (SSSR count). The molecule has 0 aliphatic carbocycles. The molecule has 0 unspecified atom stereocenters. The average Bonchev–Trinajstić information content (AvgIpc) is 2.61. The van der Waals surface area contributed by atoms with E-state index < -0.39 is 0 Å². The quantitative estimate of drug-likeness (QED) is 0.637. The molecule has 0 fully saturated rings. The van der Waals surface area contributed by atoms with Gasteiger partial charge in [0, 0.05) is 27.6 Å². The van der Waals surface area contributed by atoms with Gasteiger partial charge in [0.05, 0.1) is 14.1 Å². The molecule has 0 saturated carbocycles. The van der Waals surface area contributed by atoms with E-state index in [1.54, 1.807) is 6.07 Å². The van der Waals surface area contributed by atoms with Crippen LogP contribution in [0.1, 0.15) is 28.3 Å². The minimum atomic E-state index is -0.296. The summed E-state index contributed by atoms with van der Waals surface area (Å²) in [7, 11) is 4.28. The number of fused-ring (bicyclic) bond motifs is 1. The molecule has 0 amide bonds. The van der Waals surface area contributed by atoms with Crippen molar-refractivity contribution in [3.8, 4) is 0 Å². The molecule has 0 bridgehead atoms. The van der Waals surface area contributed by atoms with E-state index in [1.165, 1.54) is 10.5 Å². The summed E-state index contributed by atoms with van der Waals surface area (Å²) >= 11 is 6.41. The van der Waals surface area contributed by atoms with Crippen molar-refractivity contribution in [2.45, 2.75) is 26.4 Å². The van der Waals surface area contributed by atoms with Gasteiger partial charge < -0.3 is 14.6 Å². The highest BCUT2D eigenvalue weighted by atomic mass is 35.5. The molecule has 0 spiro atoms. The third kappa shape index (κ3) is 4.41. The van der Waals surface area contributed by atoms with Gasteiger partial charge in [0.2, 0.25) is 0 Å². The molecule has 3 aromatic rings. The van der Waals surface area contributed by atoms with Crippen molar-refractivity contribution in [3.05, 3.63) is 80.2 Å². The van der Waals surface area contributed by atoms with E-state index in [4.69, 9.17) is 16.0 Å². The first kappa shape index (κ1) is 19.6.